The molecule has 1 aromatic carbocycles. The van der Waals surface area contributed by atoms with Crippen LogP contribution in [0.4, 0.5) is 16.2 Å². The van der Waals surface area contributed by atoms with E-state index in [1.807, 2.05) is 39.4 Å². The largest absolute Gasteiger partial charge is 0.369 e. The molecule has 0 aliphatic carbocycles. The first-order chi connectivity index (χ1) is 17.9. The lowest BCUT2D eigenvalue weighted by molar-refractivity contribution is -0.132. The molecule has 0 unspecified atom stereocenters. The van der Waals surface area contributed by atoms with Gasteiger partial charge in [-0.2, -0.15) is 10.2 Å². The molecule has 6 rings (SSSR count). The highest BCUT2D eigenvalue weighted by molar-refractivity contribution is 7.10. The van der Waals surface area contributed by atoms with Crippen molar-refractivity contribution >= 4 is 35.0 Å². The van der Waals surface area contributed by atoms with Crippen LogP contribution in [0.1, 0.15) is 23.3 Å². The summed E-state index contributed by atoms with van der Waals surface area (Å²) in [6, 6.07) is 11.6. The SMILES string of the molecule is CN1C(=O)[C@@H]2CN(c3ncc(F)c(N4CCCC4)n3)C[C@]2(c2cc(-c3cccc(C#N)c3)cs2)N=C1N. The first-order valence-corrected chi connectivity index (χ1v) is 13.0. The summed E-state index contributed by atoms with van der Waals surface area (Å²) >= 11 is 1.51. The number of nitrogens with zero attached hydrogens (tertiary/aromatic N) is 7. The second-order valence-corrected chi connectivity index (χ2v) is 10.6. The first kappa shape index (κ1) is 23.4. The number of halogens is 1. The molecule has 0 spiro atoms. The number of aliphatic imine (C=N–C) groups is 1. The van der Waals surface area contributed by atoms with Crippen LogP contribution in [0.2, 0.25) is 0 Å². The van der Waals surface area contributed by atoms with Gasteiger partial charge in [-0.25, -0.2) is 14.4 Å². The molecule has 1 amide bonds. The van der Waals surface area contributed by atoms with Crippen LogP contribution in [-0.2, 0) is 10.3 Å². The van der Waals surface area contributed by atoms with Gasteiger partial charge >= 0.3 is 0 Å². The molecular weight excluding hydrogens is 491 g/mol. The molecular formula is C26H25FN8OS. The van der Waals surface area contributed by atoms with Gasteiger partial charge in [0.2, 0.25) is 11.9 Å². The van der Waals surface area contributed by atoms with Crippen LogP contribution in [0.25, 0.3) is 11.1 Å². The normalized spacial score (nSPS) is 23.3. The van der Waals surface area contributed by atoms with E-state index in [1.165, 1.54) is 22.4 Å². The average Bonchev–Trinajstić information content (AvgIpc) is 3.68. The van der Waals surface area contributed by atoms with Gasteiger partial charge in [0.25, 0.3) is 0 Å². The number of aromatic nitrogens is 2. The van der Waals surface area contributed by atoms with Crippen molar-refractivity contribution in [3.8, 4) is 17.2 Å². The summed E-state index contributed by atoms with van der Waals surface area (Å²) < 4.78 is 14.6. The maximum Gasteiger partial charge on any atom is 0.236 e. The van der Waals surface area contributed by atoms with Gasteiger partial charge in [0, 0.05) is 31.6 Å². The number of carbonyl (C=O) groups excluding carboxylic acids is 1. The Bertz CT molecular complexity index is 1460. The number of benzene rings is 1. The Balaban J connectivity index is 1.40. The van der Waals surface area contributed by atoms with E-state index in [0.29, 0.717) is 30.4 Å². The molecule has 37 heavy (non-hydrogen) atoms. The first-order valence-electron chi connectivity index (χ1n) is 12.1. The molecule has 0 saturated carbocycles. The Morgan fingerprint density at radius 1 is 1.22 bits per heavy atom. The number of fused-ring (bicyclic) bond motifs is 1. The summed E-state index contributed by atoms with van der Waals surface area (Å²) in [6.07, 6.45) is 3.21. The highest BCUT2D eigenvalue weighted by Crippen LogP contribution is 2.48. The third-order valence-corrected chi connectivity index (χ3v) is 8.55. The Morgan fingerprint density at radius 2 is 2.03 bits per heavy atom. The zero-order valence-corrected chi connectivity index (χ0v) is 21.1. The molecule has 9 nitrogen and oxygen atoms in total. The van der Waals surface area contributed by atoms with E-state index in [2.05, 4.69) is 16.0 Å². The van der Waals surface area contributed by atoms with Gasteiger partial charge in [-0.15, -0.1) is 11.3 Å². The molecule has 3 aliphatic heterocycles. The lowest BCUT2D eigenvalue weighted by Crippen LogP contribution is -2.54. The number of amides is 1. The van der Waals surface area contributed by atoms with Crippen LogP contribution in [-0.4, -0.2) is 60.0 Å². The molecule has 2 fully saturated rings. The molecule has 188 valence electrons. The number of nitriles is 1. The smallest absolute Gasteiger partial charge is 0.236 e. The standard InChI is InChI=1S/C26H25FN8OS/c1-33-23(36)19-13-35(25-30-12-20(27)22(31-25)34-7-2-3-8-34)15-26(19,32-24(33)29)21-10-18(14-37-21)17-6-4-5-16(9-17)11-28/h4-6,9-10,12,14,19H,2-3,7-8,13,15H2,1H3,(H2,29,32)/t19-,26-/m0/s1. The maximum atomic E-state index is 14.6. The van der Waals surface area contributed by atoms with E-state index < -0.39 is 17.3 Å². The fourth-order valence-electron chi connectivity index (χ4n) is 5.45. The predicted octanol–water partition coefficient (Wildman–Crippen LogP) is 2.93. The fourth-order valence-corrected chi connectivity index (χ4v) is 6.56. The number of thiophene rings is 1. The fraction of sp³-hybridized carbons (Fsp3) is 0.346. The van der Waals surface area contributed by atoms with Crippen molar-refractivity contribution in [3.05, 3.63) is 58.2 Å². The van der Waals surface area contributed by atoms with Crippen LogP contribution in [0.3, 0.4) is 0 Å². The van der Waals surface area contributed by atoms with Gasteiger partial charge in [0.05, 0.1) is 30.3 Å². The zero-order valence-electron chi connectivity index (χ0n) is 20.3. The van der Waals surface area contributed by atoms with Gasteiger partial charge in [-0.3, -0.25) is 9.69 Å². The minimum Gasteiger partial charge on any atom is -0.369 e. The highest BCUT2D eigenvalue weighted by Gasteiger charge is 2.56. The number of rotatable bonds is 4. The van der Waals surface area contributed by atoms with Crippen molar-refractivity contribution in [2.75, 3.05) is 43.0 Å². The van der Waals surface area contributed by atoms with E-state index in [-0.39, 0.29) is 11.9 Å². The summed E-state index contributed by atoms with van der Waals surface area (Å²) in [6.45, 7) is 2.19. The van der Waals surface area contributed by atoms with Crippen molar-refractivity contribution < 1.29 is 9.18 Å². The van der Waals surface area contributed by atoms with Crippen molar-refractivity contribution in [2.45, 2.75) is 18.4 Å². The second kappa shape index (κ2) is 8.81. The Labute approximate surface area is 217 Å². The van der Waals surface area contributed by atoms with Gasteiger partial charge in [0.1, 0.15) is 5.54 Å². The van der Waals surface area contributed by atoms with E-state index >= 15 is 0 Å². The van der Waals surface area contributed by atoms with Crippen LogP contribution in [0, 0.1) is 23.1 Å². The number of hydrogen-bond donors (Lipinski definition) is 1. The van der Waals surface area contributed by atoms with Gasteiger partial charge in [-0.1, -0.05) is 12.1 Å². The lowest BCUT2D eigenvalue weighted by Gasteiger charge is -2.36. The van der Waals surface area contributed by atoms with E-state index in [9.17, 15) is 14.4 Å². The molecule has 11 heteroatoms. The molecule has 5 heterocycles. The molecule has 2 N–H and O–H groups in total. The van der Waals surface area contributed by atoms with Gasteiger partial charge in [0.15, 0.2) is 17.6 Å². The predicted molar refractivity (Wildman–Crippen MR) is 140 cm³/mol. The minimum absolute atomic E-state index is 0.127. The van der Waals surface area contributed by atoms with E-state index in [0.717, 1.165) is 41.9 Å². The third-order valence-electron chi connectivity index (χ3n) is 7.45. The van der Waals surface area contributed by atoms with Crippen LogP contribution >= 0.6 is 11.3 Å². The van der Waals surface area contributed by atoms with Gasteiger partial charge in [-0.05, 0) is 47.5 Å². The molecule has 3 aromatic rings. The van der Waals surface area contributed by atoms with Crippen LogP contribution in [0.5, 0.6) is 0 Å². The highest BCUT2D eigenvalue weighted by atomic mass is 32.1. The number of anilines is 2. The summed E-state index contributed by atoms with van der Waals surface area (Å²) in [7, 11) is 1.63. The lowest BCUT2D eigenvalue weighted by atomic mass is 9.83. The average molecular weight is 517 g/mol. The van der Waals surface area contributed by atoms with E-state index in [1.54, 1.807) is 13.1 Å². The Hall–Kier alpha value is -4.04. The number of nitrogens with two attached hydrogens (primary N) is 1. The van der Waals surface area contributed by atoms with Crippen molar-refractivity contribution in [1.29, 1.82) is 5.26 Å². The number of carbonyl (C=O) groups is 1. The van der Waals surface area contributed by atoms with Crippen LogP contribution in [0.15, 0.2) is 46.9 Å². The second-order valence-electron chi connectivity index (χ2n) is 9.65. The number of guanidine groups is 1. The van der Waals surface area contributed by atoms with Crippen LogP contribution < -0.4 is 15.5 Å². The van der Waals surface area contributed by atoms with Crippen molar-refractivity contribution in [1.82, 2.24) is 14.9 Å². The molecule has 0 bridgehead atoms. The quantitative estimate of drug-likeness (QED) is 0.567. The molecule has 2 atom stereocenters. The molecule has 3 aliphatic rings. The van der Waals surface area contributed by atoms with Crippen molar-refractivity contribution in [2.24, 2.45) is 16.6 Å². The third kappa shape index (κ3) is 3.79. The summed E-state index contributed by atoms with van der Waals surface area (Å²) in [5.41, 5.74) is 7.74. The Kier molecular flexibility index (Phi) is 5.56. The summed E-state index contributed by atoms with van der Waals surface area (Å²) in [4.78, 5) is 33.4. The number of hydrogen-bond acceptors (Lipinski definition) is 9. The maximum absolute atomic E-state index is 14.6. The molecule has 0 radical (unpaired) electrons. The van der Waals surface area contributed by atoms with E-state index in [4.69, 9.17) is 10.7 Å². The zero-order chi connectivity index (χ0) is 25.7. The van der Waals surface area contributed by atoms with Gasteiger partial charge < -0.3 is 15.5 Å². The molecule has 2 saturated heterocycles. The summed E-state index contributed by atoms with van der Waals surface area (Å²) in [5, 5.41) is 11.3. The van der Waals surface area contributed by atoms with Crippen molar-refractivity contribution in [3.63, 3.8) is 0 Å². The summed E-state index contributed by atoms with van der Waals surface area (Å²) in [5.74, 6) is -0.253. The monoisotopic (exact) mass is 516 g/mol. The minimum atomic E-state index is -0.922. The Morgan fingerprint density at radius 3 is 2.81 bits per heavy atom. The molecule has 2 aromatic heterocycles. The topological polar surface area (TPSA) is 115 Å².